The highest BCUT2D eigenvalue weighted by molar-refractivity contribution is 6.33. The number of nitrogens with one attached hydrogen (secondary N) is 1. The Kier molecular flexibility index (Phi) is 5.15. The van der Waals surface area contributed by atoms with Crippen LogP contribution in [0.25, 0.3) is 12.2 Å². The van der Waals surface area contributed by atoms with Crippen LogP contribution < -0.4 is 15.0 Å². The van der Waals surface area contributed by atoms with E-state index in [2.05, 4.69) is 10.5 Å². The Morgan fingerprint density at radius 3 is 2.42 bits per heavy atom. The average Bonchev–Trinajstić information content (AvgIpc) is 3.62. The zero-order chi connectivity index (χ0) is 27.6. The third kappa shape index (κ3) is 3.13. The van der Waals surface area contributed by atoms with Gasteiger partial charge in [-0.05, 0) is 36.8 Å². The van der Waals surface area contributed by atoms with Gasteiger partial charge in [-0.3, -0.25) is 14.4 Å². The van der Waals surface area contributed by atoms with Gasteiger partial charge < -0.3 is 19.5 Å². The summed E-state index contributed by atoms with van der Waals surface area (Å²) in [5.41, 5.74) is 2.48. The number of hydrogen-bond acceptors (Lipinski definition) is 7. The number of fused-ring (bicyclic) bond motifs is 4. The van der Waals surface area contributed by atoms with Crippen molar-refractivity contribution in [1.29, 1.82) is 0 Å². The van der Waals surface area contributed by atoms with Crippen LogP contribution in [-0.4, -0.2) is 36.3 Å². The van der Waals surface area contributed by atoms with Crippen molar-refractivity contribution in [3.05, 3.63) is 118 Å². The molecule has 8 heteroatoms. The summed E-state index contributed by atoms with van der Waals surface area (Å²) in [6, 6.07) is 21.7. The number of nitrogens with zero attached hydrogens (tertiary/aromatic N) is 2. The summed E-state index contributed by atoms with van der Waals surface area (Å²) >= 11 is 0. The molecule has 2 aliphatic heterocycles. The maximum atomic E-state index is 14.2. The van der Waals surface area contributed by atoms with E-state index in [1.54, 1.807) is 60.4 Å². The summed E-state index contributed by atoms with van der Waals surface area (Å²) in [4.78, 5) is 44.1. The molecular formula is C32H23N3O5. The first-order valence-electron chi connectivity index (χ1n) is 12.8. The van der Waals surface area contributed by atoms with E-state index in [4.69, 9.17) is 9.26 Å². The number of rotatable bonds is 4. The molecule has 3 heterocycles. The first-order valence-corrected chi connectivity index (χ1v) is 12.8. The van der Waals surface area contributed by atoms with Crippen LogP contribution in [-0.2, 0) is 10.3 Å². The molecule has 1 spiro atoms. The Balaban J connectivity index is 1.49. The van der Waals surface area contributed by atoms with Crippen LogP contribution in [0.15, 0.2) is 88.5 Å². The lowest BCUT2D eigenvalue weighted by molar-refractivity contribution is -0.119. The third-order valence-electron chi connectivity index (χ3n) is 7.85. The number of ketones is 2. The smallest absolute Gasteiger partial charge is 0.259 e. The average molecular weight is 530 g/mol. The van der Waals surface area contributed by atoms with Gasteiger partial charge in [-0.15, -0.1) is 0 Å². The predicted molar refractivity (Wildman–Crippen MR) is 149 cm³/mol. The minimum atomic E-state index is -1.63. The van der Waals surface area contributed by atoms with Crippen molar-refractivity contribution in [3.63, 3.8) is 0 Å². The van der Waals surface area contributed by atoms with E-state index in [9.17, 15) is 14.4 Å². The van der Waals surface area contributed by atoms with E-state index < -0.39 is 11.4 Å². The SMILES string of the molecule is COc1ccc2c(c1)C1(C(=O)N2)C2=C(CN1c1c(C)noc1/C=C/c1ccccc1)C(=O)c1ccccc1C2=O. The Hall–Kier alpha value is -5.24. The van der Waals surface area contributed by atoms with E-state index in [1.807, 2.05) is 36.4 Å². The summed E-state index contributed by atoms with van der Waals surface area (Å²) < 4.78 is 11.3. The molecule has 1 unspecified atom stereocenters. The number of methoxy groups -OCH3 is 1. The Labute approximate surface area is 229 Å². The summed E-state index contributed by atoms with van der Waals surface area (Å²) in [6.07, 6.45) is 3.67. The van der Waals surface area contributed by atoms with Gasteiger partial charge >= 0.3 is 0 Å². The molecule has 0 radical (unpaired) electrons. The molecule has 0 saturated heterocycles. The highest BCUT2D eigenvalue weighted by Crippen LogP contribution is 2.56. The first-order chi connectivity index (χ1) is 19.4. The predicted octanol–water partition coefficient (Wildman–Crippen LogP) is 5.21. The normalized spacial score (nSPS) is 19.4. The number of carbonyl (C=O) groups is 3. The molecule has 3 aliphatic rings. The van der Waals surface area contributed by atoms with Gasteiger partial charge in [0.2, 0.25) is 0 Å². The largest absolute Gasteiger partial charge is 0.497 e. The molecule has 0 fully saturated rings. The zero-order valence-corrected chi connectivity index (χ0v) is 21.7. The van der Waals surface area contributed by atoms with Crippen molar-refractivity contribution in [2.45, 2.75) is 12.5 Å². The molecule has 0 bridgehead atoms. The monoisotopic (exact) mass is 529 g/mol. The fraction of sp³-hybridized carbons (Fsp3) is 0.125. The highest BCUT2D eigenvalue weighted by atomic mass is 16.5. The molecule has 1 N–H and O–H groups in total. The van der Waals surface area contributed by atoms with Crippen LogP contribution in [0, 0.1) is 6.92 Å². The number of hydrogen-bond donors (Lipinski definition) is 1. The Morgan fingerprint density at radius 2 is 1.68 bits per heavy atom. The van der Waals surface area contributed by atoms with Crippen molar-refractivity contribution >= 4 is 41.0 Å². The fourth-order valence-corrected chi connectivity index (χ4v) is 6.08. The quantitative estimate of drug-likeness (QED) is 0.387. The van der Waals surface area contributed by atoms with Crippen LogP contribution in [0.5, 0.6) is 5.75 Å². The van der Waals surface area contributed by atoms with Crippen molar-refractivity contribution in [1.82, 2.24) is 5.16 Å². The van der Waals surface area contributed by atoms with Gasteiger partial charge in [0.15, 0.2) is 22.9 Å². The van der Waals surface area contributed by atoms with Gasteiger partial charge in [0.25, 0.3) is 5.91 Å². The standard InChI is InChI=1S/C32H23N3O5/c1-18-28(26(40-34-18)15-12-19-8-4-3-5-9-19)35-17-23-27(30(37)22-11-7-6-10-21(22)29(23)36)32(35)24-16-20(39-2)13-14-25(24)33-31(32)38/h3-16H,17H2,1-2H3,(H,33,38)/b15-12+. The second kappa shape index (κ2) is 8.64. The number of anilines is 2. The van der Waals surface area contributed by atoms with Crippen LogP contribution in [0.3, 0.4) is 0 Å². The third-order valence-corrected chi connectivity index (χ3v) is 7.85. The summed E-state index contributed by atoms with van der Waals surface area (Å²) in [5.74, 6) is -0.132. The van der Waals surface area contributed by atoms with E-state index in [1.165, 1.54) is 7.11 Å². The summed E-state index contributed by atoms with van der Waals surface area (Å²) in [5, 5.41) is 7.18. The molecule has 3 aromatic carbocycles. The van der Waals surface area contributed by atoms with Gasteiger partial charge in [-0.2, -0.15) is 0 Å². The highest BCUT2D eigenvalue weighted by Gasteiger charge is 2.63. The van der Waals surface area contributed by atoms with Crippen molar-refractivity contribution in [2.24, 2.45) is 0 Å². The number of amides is 1. The molecule has 8 nitrogen and oxygen atoms in total. The maximum absolute atomic E-state index is 14.2. The molecule has 1 amide bonds. The number of aryl methyl sites for hydroxylation is 1. The van der Waals surface area contributed by atoms with Crippen molar-refractivity contribution in [3.8, 4) is 5.75 Å². The lowest BCUT2D eigenvalue weighted by Gasteiger charge is -2.37. The van der Waals surface area contributed by atoms with E-state index in [0.29, 0.717) is 39.7 Å². The molecule has 0 saturated carbocycles. The van der Waals surface area contributed by atoms with Crippen LogP contribution in [0.2, 0.25) is 0 Å². The van der Waals surface area contributed by atoms with Gasteiger partial charge in [-0.25, -0.2) is 0 Å². The second-order valence-corrected chi connectivity index (χ2v) is 9.94. The Morgan fingerprint density at radius 1 is 0.950 bits per heavy atom. The number of carbonyl (C=O) groups excluding carboxylic acids is 3. The lowest BCUT2D eigenvalue weighted by atomic mass is 9.74. The Bertz CT molecular complexity index is 1820. The zero-order valence-electron chi connectivity index (χ0n) is 21.7. The summed E-state index contributed by atoms with van der Waals surface area (Å²) in [7, 11) is 1.54. The molecule has 7 rings (SSSR count). The molecule has 40 heavy (non-hydrogen) atoms. The maximum Gasteiger partial charge on any atom is 0.259 e. The second-order valence-electron chi connectivity index (χ2n) is 9.94. The number of benzene rings is 3. The summed E-state index contributed by atoms with van der Waals surface area (Å²) in [6.45, 7) is 1.80. The first kappa shape index (κ1) is 23.8. The van der Waals surface area contributed by atoms with E-state index in [-0.39, 0.29) is 34.8 Å². The molecule has 4 aromatic rings. The minimum Gasteiger partial charge on any atom is -0.497 e. The number of Topliss-reactive ketones (excluding diaryl/α,β-unsaturated/α-hetero) is 2. The molecule has 1 aliphatic carbocycles. The fourth-order valence-electron chi connectivity index (χ4n) is 6.08. The van der Waals surface area contributed by atoms with Crippen LogP contribution in [0.1, 0.15) is 43.3 Å². The van der Waals surface area contributed by atoms with Gasteiger partial charge in [-0.1, -0.05) is 65.8 Å². The number of aromatic nitrogens is 1. The van der Waals surface area contributed by atoms with Gasteiger partial charge in [0, 0.05) is 40.1 Å². The van der Waals surface area contributed by atoms with Crippen molar-refractivity contribution < 1.29 is 23.6 Å². The van der Waals surface area contributed by atoms with E-state index in [0.717, 1.165) is 5.56 Å². The lowest BCUT2D eigenvalue weighted by Crippen LogP contribution is -2.51. The minimum absolute atomic E-state index is 0.0204. The van der Waals surface area contributed by atoms with E-state index >= 15 is 0 Å². The molecular weight excluding hydrogens is 506 g/mol. The van der Waals surface area contributed by atoms with Crippen molar-refractivity contribution in [2.75, 3.05) is 23.9 Å². The molecule has 196 valence electrons. The topological polar surface area (TPSA) is 102 Å². The number of ether oxygens (including phenoxy) is 1. The molecule has 1 atom stereocenters. The van der Waals surface area contributed by atoms with Crippen LogP contribution >= 0.6 is 0 Å². The molecule has 1 aromatic heterocycles. The van der Waals surface area contributed by atoms with Crippen LogP contribution in [0.4, 0.5) is 11.4 Å². The van der Waals surface area contributed by atoms with Gasteiger partial charge in [0.05, 0.1) is 7.11 Å². The van der Waals surface area contributed by atoms with Gasteiger partial charge in [0.1, 0.15) is 17.1 Å².